The molecule has 3 heterocycles. The van der Waals surface area contributed by atoms with Crippen LogP contribution in [0.5, 0.6) is 0 Å². The van der Waals surface area contributed by atoms with Crippen LogP contribution >= 0.6 is 0 Å². The number of allylic oxidation sites excluding steroid dienone is 1. The number of rotatable bonds is 4. The van der Waals surface area contributed by atoms with Crippen molar-refractivity contribution in [1.82, 2.24) is 25.2 Å². The highest BCUT2D eigenvalue weighted by Crippen LogP contribution is 2.34. The van der Waals surface area contributed by atoms with Crippen LogP contribution < -0.4 is 5.32 Å². The number of ether oxygens (including phenoxy) is 1. The van der Waals surface area contributed by atoms with Gasteiger partial charge in [-0.2, -0.15) is 4.68 Å². The van der Waals surface area contributed by atoms with Gasteiger partial charge in [-0.15, -0.1) is 0 Å². The number of para-hydroxylation sites is 1. The average Bonchev–Trinajstić information content (AvgIpc) is 3.25. The number of aromatic nitrogens is 5. The topological polar surface area (TPSA) is 94.8 Å². The lowest BCUT2D eigenvalue weighted by molar-refractivity contribution is -0.140. The molecule has 1 atom stereocenters. The highest BCUT2D eigenvalue weighted by Gasteiger charge is 2.36. The summed E-state index contributed by atoms with van der Waals surface area (Å²) in [5, 5.41) is 16.0. The van der Waals surface area contributed by atoms with Gasteiger partial charge in [-0.05, 0) is 35.0 Å². The van der Waals surface area contributed by atoms with E-state index in [1.54, 1.807) is 4.68 Å². The Balaban J connectivity index is 1.54. The third-order valence-corrected chi connectivity index (χ3v) is 5.05. The second-order valence-electron chi connectivity index (χ2n) is 7.00. The fourth-order valence-electron chi connectivity index (χ4n) is 3.59. The van der Waals surface area contributed by atoms with E-state index in [4.69, 9.17) is 9.72 Å². The summed E-state index contributed by atoms with van der Waals surface area (Å²) in [6.45, 7) is 1.99. The van der Waals surface area contributed by atoms with Gasteiger partial charge in [0, 0.05) is 11.1 Å². The number of nitrogens with zero attached hydrogens (tertiary/aromatic N) is 5. The maximum Gasteiger partial charge on any atom is 0.338 e. The number of fused-ring (bicyclic) bond motifs is 2. The van der Waals surface area contributed by atoms with Crippen molar-refractivity contribution in [2.75, 3.05) is 5.32 Å². The molecule has 0 aliphatic carbocycles. The van der Waals surface area contributed by atoms with Crippen molar-refractivity contribution in [2.24, 2.45) is 0 Å². The first-order valence-corrected chi connectivity index (χ1v) is 9.53. The number of tetrazole rings is 1. The first-order chi connectivity index (χ1) is 14.7. The molecule has 0 fully saturated rings. The van der Waals surface area contributed by atoms with Gasteiger partial charge in [0.2, 0.25) is 5.95 Å². The maximum absolute atomic E-state index is 13.1. The molecule has 0 saturated carbocycles. The molecule has 8 nitrogen and oxygen atoms in total. The van der Waals surface area contributed by atoms with Crippen LogP contribution in [-0.2, 0) is 16.1 Å². The second kappa shape index (κ2) is 7.40. The first-order valence-electron chi connectivity index (χ1n) is 9.53. The lowest BCUT2D eigenvalue weighted by Crippen LogP contribution is -2.30. The van der Waals surface area contributed by atoms with Crippen molar-refractivity contribution in [2.45, 2.75) is 19.6 Å². The molecule has 148 valence electrons. The van der Waals surface area contributed by atoms with Gasteiger partial charge >= 0.3 is 5.97 Å². The standard InChI is InChI=1S/C22H18N6O2/c1-14-19(21(29)30-13-15-7-3-2-4-8-15)20(28-22(23-14)25-26-27-28)18-12-11-16-9-5-6-10-17(16)24-18/h2-12,20H,13H2,1H3,(H,23,25,27). The van der Waals surface area contributed by atoms with Crippen LogP contribution in [0.15, 0.2) is 78.0 Å². The van der Waals surface area contributed by atoms with Gasteiger partial charge in [0.15, 0.2) is 0 Å². The van der Waals surface area contributed by atoms with E-state index < -0.39 is 12.0 Å². The number of esters is 1. The van der Waals surface area contributed by atoms with E-state index in [-0.39, 0.29) is 6.61 Å². The van der Waals surface area contributed by atoms with Crippen molar-refractivity contribution in [3.63, 3.8) is 0 Å². The Labute approximate surface area is 172 Å². The van der Waals surface area contributed by atoms with Gasteiger partial charge in [0.05, 0.1) is 16.8 Å². The van der Waals surface area contributed by atoms with Crippen LogP contribution in [0.25, 0.3) is 10.9 Å². The van der Waals surface area contributed by atoms with Crippen molar-refractivity contribution in [1.29, 1.82) is 0 Å². The summed E-state index contributed by atoms with van der Waals surface area (Å²) >= 11 is 0. The van der Waals surface area contributed by atoms with E-state index in [2.05, 4.69) is 20.8 Å². The SMILES string of the molecule is CC1=C(C(=O)OCc2ccccc2)C(c2ccc3ccccc3n2)n2nnnc2N1. The summed E-state index contributed by atoms with van der Waals surface area (Å²) in [6, 6.07) is 20.7. The molecule has 0 spiro atoms. The Bertz CT molecular complexity index is 1260. The minimum absolute atomic E-state index is 0.177. The van der Waals surface area contributed by atoms with E-state index in [0.717, 1.165) is 16.5 Å². The molecule has 8 heteroatoms. The van der Waals surface area contributed by atoms with Gasteiger partial charge in [-0.1, -0.05) is 59.7 Å². The zero-order valence-corrected chi connectivity index (χ0v) is 16.2. The van der Waals surface area contributed by atoms with Crippen LogP contribution in [0.3, 0.4) is 0 Å². The lowest BCUT2D eigenvalue weighted by atomic mass is 9.99. The molecule has 2 aromatic heterocycles. The normalized spacial score (nSPS) is 15.6. The number of carbonyl (C=O) groups excluding carboxylic acids is 1. The fraction of sp³-hybridized carbons (Fsp3) is 0.136. The fourth-order valence-corrected chi connectivity index (χ4v) is 3.59. The Kier molecular flexibility index (Phi) is 4.44. The first kappa shape index (κ1) is 18.0. The molecule has 0 saturated heterocycles. The number of benzene rings is 2. The molecule has 0 bridgehead atoms. The largest absolute Gasteiger partial charge is 0.457 e. The van der Waals surface area contributed by atoms with E-state index in [1.807, 2.05) is 73.7 Å². The number of hydrogen-bond acceptors (Lipinski definition) is 7. The predicted molar refractivity (Wildman–Crippen MR) is 110 cm³/mol. The van der Waals surface area contributed by atoms with Crippen LogP contribution in [0.2, 0.25) is 0 Å². The smallest absolute Gasteiger partial charge is 0.338 e. The van der Waals surface area contributed by atoms with Crippen LogP contribution in [0.4, 0.5) is 5.95 Å². The monoisotopic (exact) mass is 398 g/mol. The van der Waals surface area contributed by atoms with Crippen LogP contribution in [0, 0.1) is 0 Å². The Morgan fingerprint density at radius 2 is 1.87 bits per heavy atom. The zero-order valence-electron chi connectivity index (χ0n) is 16.2. The minimum atomic E-state index is -0.593. The Hall–Kier alpha value is -4.07. The van der Waals surface area contributed by atoms with Crippen LogP contribution in [-0.4, -0.2) is 31.2 Å². The van der Waals surface area contributed by atoms with Gasteiger partial charge < -0.3 is 10.1 Å². The number of nitrogens with one attached hydrogen (secondary N) is 1. The van der Waals surface area contributed by atoms with Crippen LogP contribution in [0.1, 0.15) is 24.2 Å². The molecular formula is C22H18N6O2. The maximum atomic E-state index is 13.1. The number of carbonyl (C=O) groups is 1. The minimum Gasteiger partial charge on any atom is -0.457 e. The second-order valence-corrected chi connectivity index (χ2v) is 7.00. The molecule has 0 radical (unpaired) electrons. The summed E-state index contributed by atoms with van der Waals surface area (Å²) in [4.78, 5) is 17.9. The van der Waals surface area contributed by atoms with E-state index in [1.165, 1.54) is 0 Å². The summed E-state index contributed by atoms with van der Waals surface area (Å²) < 4.78 is 7.18. The van der Waals surface area contributed by atoms with Gasteiger partial charge in [-0.3, -0.25) is 4.98 Å². The highest BCUT2D eigenvalue weighted by atomic mass is 16.5. The molecule has 30 heavy (non-hydrogen) atoms. The third-order valence-electron chi connectivity index (χ3n) is 5.05. The van der Waals surface area contributed by atoms with Crippen molar-refractivity contribution in [3.8, 4) is 0 Å². The summed E-state index contributed by atoms with van der Waals surface area (Å²) in [7, 11) is 0. The quantitative estimate of drug-likeness (QED) is 0.527. The summed E-state index contributed by atoms with van der Waals surface area (Å²) in [5.41, 5.74) is 3.47. The molecule has 1 N–H and O–H groups in total. The van der Waals surface area contributed by atoms with Crippen molar-refractivity contribution in [3.05, 3.63) is 89.3 Å². The molecular weight excluding hydrogens is 380 g/mol. The summed E-state index contributed by atoms with van der Waals surface area (Å²) in [5.74, 6) is 0.0111. The van der Waals surface area contributed by atoms with Gasteiger partial charge in [-0.25, -0.2) is 4.79 Å². The van der Waals surface area contributed by atoms with E-state index in [0.29, 0.717) is 22.9 Å². The van der Waals surface area contributed by atoms with Gasteiger partial charge in [0.25, 0.3) is 0 Å². The average molecular weight is 398 g/mol. The Morgan fingerprint density at radius 1 is 1.07 bits per heavy atom. The van der Waals surface area contributed by atoms with E-state index in [9.17, 15) is 4.79 Å². The molecule has 4 aromatic rings. The van der Waals surface area contributed by atoms with E-state index >= 15 is 0 Å². The predicted octanol–water partition coefficient (Wildman–Crippen LogP) is 3.25. The summed E-state index contributed by atoms with van der Waals surface area (Å²) in [6.07, 6.45) is 0. The molecule has 1 aliphatic heterocycles. The molecule has 5 rings (SSSR count). The molecule has 2 aromatic carbocycles. The molecule has 0 amide bonds. The van der Waals surface area contributed by atoms with Crippen molar-refractivity contribution < 1.29 is 9.53 Å². The highest BCUT2D eigenvalue weighted by molar-refractivity contribution is 5.92. The third kappa shape index (κ3) is 3.18. The van der Waals surface area contributed by atoms with Crippen molar-refractivity contribution >= 4 is 22.8 Å². The number of anilines is 1. The van der Waals surface area contributed by atoms with Gasteiger partial charge in [0.1, 0.15) is 12.6 Å². The number of pyridine rings is 1. The zero-order chi connectivity index (χ0) is 20.5. The number of hydrogen-bond donors (Lipinski definition) is 1. The molecule has 1 aliphatic rings. The molecule has 1 unspecified atom stereocenters. The lowest BCUT2D eigenvalue weighted by Gasteiger charge is -2.26. The Morgan fingerprint density at radius 3 is 2.73 bits per heavy atom.